The SMILES string of the molecule is CC(CC=O)c1ccc(O)c(F)c1O. The first-order chi connectivity index (χ1) is 6.57. The second-order valence-electron chi connectivity index (χ2n) is 3.14. The Morgan fingerprint density at radius 3 is 2.71 bits per heavy atom. The lowest BCUT2D eigenvalue weighted by atomic mass is 9.97. The van der Waals surface area contributed by atoms with Crippen molar-refractivity contribution in [2.45, 2.75) is 19.3 Å². The Kier molecular flexibility index (Phi) is 3.06. The number of hydrogen-bond acceptors (Lipinski definition) is 3. The van der Waals surface area contributed by atoms with E-state index in [1.807, 2.05) is 0 Å². The normalized spacial score (nSPS) is 12.4. The fraction of sp³-hybridized carbons (Fsp3) is 0.300. The van der Waals surface area contributed by atoms with Crippen LogP contribution in [0.4, 0.5) is 4.39 Å². The quantitative estimate of drug-likeness (QED) is 0.729. The van der Waals surface area contributed by atoms with Gasteiger partial charge < -0.3 is 15.0 Å². The molecule has 3 nitrogen and oxygen atoms in total. The number of phenolic OH excluding ortho intramolecular Hbond substituents is 2. The summed E-state index contributed by atoms with van der Waals surface area (Å²) in [5, 5.41) is 18.3. The fourth-order valence-electron chi connectivity index (χ4n) is 1.24. The van der Waals surface area contributed by atoms with E-state index in [4.69, 9.17) is 5.11 Å². The van der Waals surface area contributed by atoms with Gasteiger partial charge in [0, 0.05) is 12.0 Å². The first-order valence-electron chi connectivity index (χ1n) is 4.22. The average Bonchev–Trinajstić information content (AvgIpc) is 2.15. The van der Waals surface area contributed by atoms with Gasteiger partial charge in [-0.05, 0) is 12.0 Å². The predicted octanol–water partition coefficient (Wildman–Crippen LogP) is 1.93. The van der Waals surface area contributed by atoms with Crippen molar-refractivity contribution in [2.24, 2.45) is 0 Å². The largest absolute Gasteiger partial charge is 0.505 e. The average molecular weight is 198 g/mol. The molecule has 0 aromatic heterocycles. The number of rotatable bonds is 3. The van der Waals surface area contributed by atoms with E-state index in [1.54, 1.807) is 6.92 Å². The van der Waals surface area contributed by atoms with Gasteiger partial charge >= 0.3 is 0 Å². The molecule has 1 unspecified atom stereocenters. The highest BCUT2D eigenvalue weighted by Gasteiger charge is 2.16. The number of benzene rings is 1. The number of phenols is 2. The van der Waals surface area contributed by atoms with E-state index in [-0.39, 0.29) is 12.3 Å². The number of carbonyl (C=O) groups is 1. The van der Waals surface area contributed by atoms with Crippen LogP contribution in [0.3, 0.4) is 0 Å². The van der Waals surface area contributed by atoms with Crippen LogP contribution < -0.4 is 0 Å². The molecule has 0 bridgehead atoms. The highest BCUT2D eigenvalue weighted by atomic mass is 19.1. The molecule has 1 rings (SSSR count). The third-order valence-corrected chi connectivity index (χ3v) is 2.11. The van der Waals surface area contributed by atoms with Crippen LogP contribution in [0.1, 0.15) is 24.8 Å². The molecule has 0 aliphatic rings. The summed E-state index contributed by atoms with van der Waals surface area (Å²) in [6.45, 7) is 1.69. The maximum absolute atomic E-state index is 13.0. The minimum atomic E-state index is -1.04. The first kappa shape index (κ1) is 10.5. The lowest BCUT2D eigenvalue weighted by Gasteiger charge is -2.11. The maximum Gasteiger partial charge on any atom is 0.206 e. The summed E-state index contributed by atoms with van der Waals surface area (Å²) in [5.74, 6) is -2.48. The molecule has 0 heterocycles. The van der Waals surface area contributed by atoms with Crippen LogP contribution in [0, 0.1) is 5.82 Å². The van der Waals surface area contributed by atoms with Crippen LogP contribution in [-0.2, 0) is 4.79 Å². The van der Waals surface area contributed by atoms with Gasteiger partial charge in [-0.2, -0.15) is 4.39 Å². The Balaban J connectivity index is 3.10. The number of aldehydes is 1. The maximum atomic E-state index is 13.0. The molecule has 14 heavy (non-hydrogen) atoms. The fourth-order valence-corrected chi connectivity index (χ4v) is 1.24. The van der Waals surface area contributed by atoms with Gasteiger partial charge in [-0.1, -0.05) is 13.0 Å². The predicted molar refractivity (Wildman–Crippen MR) is 48.8 cm³/mol. The summed E-state index contributed by atoms with van der Waals surface area (Å²) < 4.78 is 13.0. The van der Waals surface area contributed by atoms with Gasteiger partial charge in [0.25, 0.3) is 0 Å². The summed E-state index contributed by atoms with van der Waals surface area (Å²) in [4.78, 5) is 10.2. The lowest BCUT2D eigenvalue weighted by molar-refractivity contribution is -0.108. The van der Waals surface area contributed by atoms with E-state index in [0.717, 1.165) is 6.07 Å². The standard InChI is InChI=1S/C10H11FO3/c1-6(4-5-12)7-2-3-8(13)9(11)10(7)14/h2-3,5-6,13-14H,4H2,1H3. The molecule has 4 heteroatoms. The monoisotopic (exact) mass is 198 g/mol. The van der Waals surface area contributed by atoms with Crippen molar-refractivity contribution in [1.29, 1.82) is 0 Å². The number of halogens is 1. The van der Waals surface area contributed by atoms with E-state index >= 15 is 0 Å². The summed E-state index contributed by atoms with van der Waals surface area (Å²) in [5.41, 5.74) is 0.326. The molecule has 76 valence electrons. The Hall–Kier alpha value is -1.58. The molecule has 2 N–H and O–H groups in total. The molecule has 0 radical (unpaired) electrons. The Morgan fingerprint density at radius 2 is 2.14 bits per heavy atom. The molecule has 0 amide bonds. The van der Waals surface area contributed by atoms with Crippen molar-refractivity contribution in [1.82, 2.24) is 0 Å². The first-order valence-corrected chi connectivity index (χ1v) is 4.22. The Labute approximate surface area is 80.8 Å². The molecule has 1 atom stereocenters. The Bertz CT molecular complexity index is 349. The summed E-state index contributed by atoms with van der Waals surface area (Å²) in [7, 11) is 0. The van der Waals surface area contributed by atoms with E-state index < -0.39 is 17.3 Å². The zero-order valence-corrected chi connectivity index (χ0v) is 7.70. The van der Waals surface area contributed by atoms with Crippen molar-refractivity contribution in [3.8, 4) is 11.5 Å². The van der Waals surface area contributed by atoms with Crippen LogP contribution in [0.2, 0.25) is 0 Å². The van der Waals surface area contributed by atoms with Gasteiger partial charge in [0.15, 0.2) is 11.5 Å². The highest BCUT2D eigenvalue weighted by molar-refractivity contribution is 5.53. The molecule has 0 aliphatic carbocycles. The van der Waals surface area contributed by atoms with E-state index in [1.165, 1.54) is 6.07 Å². The zero-order valence-electron chi connectivity index (χ0n) is 7.70. The van der Waals surface area contributed by atoms with Crippen LogP contribution in [0.25, 0.3) is 0 Å². The van der Waals surface area contributed by atoms with E-state index in [0.29, 0.717) is 11.8 Å². The van der Waals surface area contributed by atoms with E-state index in [9.17, 15) is 14.3 Å². The van der Waals surface area contributed by atoms with Gasteiger partial charge in [-0.15, -0.1) is 0 Å². The Morgan fingerprint density at radius 1 is 1.50 bits per heavy atom. The molecule has 0 aliphatic heterocycles. The molecular formula is C10H11FO3. The van der Waals surface area contributed by atoms with Crippen LogP contribution in [0.15, 0.2) is 12.1 Å². The van der Waals surface area contributed by atoms with Crippen molar-refractivity contribution < 1.29 is 19.4 Å². The van der Waals surface area contributed by atoms with Gasteiger partial charge in [-0.25, -0.2) is 0 Å². The molecule has 0 spiro atoms. The van der Waals surface area contributed by atoms with Crippen molar-refractivity contribution in [2.75, 3.05) is 0 Å². The molecule has 1 aromatic carbocycles. The highest BCUT2D eigenvalue weighted by Crippen LogP contribution is 2.33. The third kappa shape index (κ3) is 1.84. The molecule has 0 fully saturated rings. The van der Waals surface area contributed by atoms with Crippen molar-refractivity contribution in [3.05, 3.63) is 23.5 Å². The van der Waals surface area contributed by atoms with Crippen LogP contribution in [0.5, 0.6) is 11.5 Å². The third-order valence-electron chi connectivity index (χ3n) is 2.11. The summed E-state index contributed by atoms with van der Waals surface area (Å²) >= 11 is 0. The number of hydrogen-bond donors (Lipinski definition) is 2. The summed E-state index contributed by atoms with van der Waals surface area (Å²) in [6.07, 6.45) is 0.909. The van der Waals surface area contributed by atoms with Gasteiger partial charge in [0.05, 0.1) is 0 Å². The van der Waals surface area contributed by atoms with Crippen LogP contribution >= 0.6 is 0 Å². The van der Waals surface area contributed by atoms with Gasteiger partial charge in [-0.3, -0.25) is 0 Å². The van der Waals surface area contributed by atoms with Crippen LogP contribution in [-0.4, -0.2) is 16.5 Å². The van der Waals surface area contributed by atoms with Gasteiger partial charge in [0.2, 0.25) is 5.82 Å². The van der Waals surface area contributed by atoms with Crippen molar-refractivity contribution >= 4 is 6.29 Å². The van der Waals surface area contributed by atoms with E-state index in [2.05, 4.69) is 0 Å². The molecule has 0 saturated carbocycles. The topological polar surface area (TPSA) is 57.5 Å². The van der Waals surface area contributed by atoms with Crippen molar-refractivity contribution in [3.63, 3.8) is 0 Å². The minimum absolute atomic E-state index is 0.206. The summed E-state index contributed by atoms with van der Waals surface area (Å²) in [6, 6.07) is 2.56. The smallest absolute Gasteiger partial charge is 0.206 e. The number of aromatic hydroxyl groups is 2. The van der Waals surface area contributed by atoms with Gasteiger partial charge in [0.1, 0.15) is 6.29 Å². The number of carbonyl (C=O) groups excluding carboxylic acids is 1. The molecule has 0 saturated heterocycles. The molecule has 1 aromatic rings. The second-order valence-corrected chi connectivity index (χ2v) is 3.14. The lowest BCUT2D eigenvalue weighted by Crippen LogP contribution is -1.96. The zero-order chi connectivity index (χ0) is 10.7. The second kappa shape index (κ2) is 4.09. The molecular weight excluding hydrogens is 187 g/mol. The minimum Gasteiger partial charge on any atom is -0.505 e.